The second-order valence-corrected chi connectivity index (χ2v) is 7.32. The van der Waals surface area contributed by atoms with Gasteiger partial charge in [-0.3, -0.25) is 20.4 Å². The number of aromatic nitrogens is 1. The molecule has 1 aromatic heterocycles. The maximum atomic E-state index is 12.3. The molecule has 0 spiro atoms. The van der Waals surface area contributed by atoms with Gasteiger partial charge in [-0.05, 0) is 30.7 Å². The van der Waals surface area contributed by atoms with Crippen molar-refractivity contribution in [1.29, 1.82) is 0 Å². The van der Waals surface area contributed by atoms with Crippen LogP contribution in [0, 0.1) is 0 Å². The van der Waals surface area contributed by atoms with Gasteiger partial charge in [-0.1, -0.05) is 30.3 Å². The highest BCUT2D eigenvalue weighted by Crippen LogP contribution is 2.27. The topological polar surface area (TPSA) is 89.6 Å². The summed E-state index contributed by atoms with van der Waals surface area (Å²) in [5, 5.41) is 2.80. The molecule has 0 saturated heterocycles. The fourth-order valence-corrected chi connectivity index (χ4v) is 3.60. The highest BCUT2D eigenvalue weighted by atomic mass is 32.1. The zero-order valence-electron chi connectivity index (χ0n) is 16.8. The van der Waals surface area contributed by atoms with Crippen molar-refractivity contribution in [3.63, 3.8) is 0 Å². The van der Waals surface area contributed by atoms with E-state index in [1.165, 1.54) is 24.0 Å². The summed E-state index contributed by atoms with van der Waals surface area (Å²) in [4.78, 5) is 29.0. The zero-order valence-corrected chi connectivity index (χ0v) is 17.6. The summed E-state index contributed by atoms with van der Waals surface area (Å²) in [5.41, 5.74) is 7.01. The molecule has 30 heavy (non-hydrogen) atoms. The van der Waals surface area contributed by atoms with Gasteiger partial charge in [0.15, 0.2) is 11.5 Å². The van der Waals surface area contributed by atoms with E-state index in [4.69, 9.17) is 9.47 Å². The Hall–Kier alpha value is -3.39. The molecule has 3 rings (SSSR count). The molecular weight excluding hydrogens is 402 g/mol. The lowest BCUT2D eigenvalue weighted by Gasteiger charge is -2.11. The Kier molecular flexibility index (Phi) is 7.40. The monoisotopic (exact) mass is 425 g/mol. The number of hydrogen-bond acceptors (Lipinski definition) is 6. The minimum absolute atomic E-state index is 0.0815. The van der Waals surface area contributed by atoms with E-state index in [2.05, 4.69) is 15.8 Å². The molecule has 1 heterocycles. The van der Waals surface area contributed by atoms with E-state index in [1.807, 2.05) is 42.6 Å². The summed E-state index contributed by atoms with van der Waals surface area (Å²) in [6.07, 6.45) is 0.807. The van der Waals surface area contributed by atoms with Gasteiger partial charge >= 0.3 is 0 Å². The van der Waals surface area contributed by atoms with Gasteiger partial charge in [0.1, 0.15) is 0 Å². The maximum Gasteiger partial charge on any atom is 0.269 e. The molecule has 8 heteroatoms. The lowest BCUT2D eigenvalue weighted by molar-refractivity contribution is -0.121. The van der Waals surface area contributed by atoms with E-state index >= 15 is 0 Å². The van der Waals surface area contributed by atoms with Crippen LogP contribution < -0.4 is 20.3 Å². The van der Waals surface area contributed by atoms with E-state index < -0.39 is 5.91 Å². The first-order valence-corrected chi connectivity index (χ1v) is 10.3. The molecule has 0 atom stereocenters. The first kappa shape index (κ1) is 21.3. The van der Waals surface area contributed by atoms with E-state index in [1.54, 1.807) is 18.2 Å². The van der Waals surface area contributed by atoms with Crippen LogP contribution in [0.2, 0.25) is 0 Å². The normalized spacial score (nSPS) is 10.3. The Labute approximate surface area is 179 Å². The van der Waals surface area contributed by atoms with Gasteiger partial charge in [0.05, 0.1) is 30.8 Å². The van der Waals surface area contributed by atoms with E-state index in [0.29, 0.717) is 29.4 Å². The predicted molar refractivity (Wildman–Crippen MR) is 115 cm³/mol. The molecule has 3 aromatic rings. The highest BCUT2D eigenvalue weighted by Gasteiger charge is 2.13. The molecule has 0 aliphatic rings. The number of rotatable bonds is 8. The van der Waals surface area contributed by atoms with Crippen molar-refractivity contribution in [2.75, 3.05) is 13.7 Å². The van der Waals surface area contributed by atoms with E-state index in [-0.39, 0.29) is 12.3 Å². The van der Waals surface area contributed by atoms with Crippen molar-refractivity contribution in [3.8, 4) is 11.5 Å². The number of methoxy groups -OCH3 is 1. The van der Waals surface area contributed by atoms with E-state index in [9.17, 15) is 9.59 Å². The molecule has 0 aliphatic heterocycles. The number of nitrogens with zero attached hydrogens (tertiary/aromatic N) is 1. The van der Waals surface area contributed by atoms with Gasteiger partial charge in [-0.25, -0.2) is 4.98 Å². The lowest BCUT2D eigenvalue weighted by atomic mass is 10.2. The number of carbonyl (C=O) groups excluding carboxylic acids is 2. The van der Waals surface area contributed by atoms with Crippen molar-refractivity contribution in [2.45, 2.75) is 19.8 Å². The second-order valence-electron chi connectivity index (χ2n) is 6.37. The number of nitrogens with one attached hydrogen (secondary N) is 2. The molecule has 7 nitrogen and oxygen atoms in total. The molecular formula is C22H23N3O4S. The van der Waals surface area contributed by atoms with Crippen LogP contribution >= 0.6 is 11.3 Å². The molecule has 0 bridgehead atoms. The summed E-state index contributed by atoms with van der Waals surface area (Å²) in [6.45, 7) is 2.35. The van der Waals surface area contributed by atoms with Crippen LogP contribution in [0.5, 0.6) is 11.5 Å². The third-order valence-corrected chi connectivity index (χ3v) is 5.08. The van der Waals surface area contributed by atoms with Crippen LogP contribution in [0.15, 0.2) is 53.9 Å². The van der Waals surface area contributed by atoms with Crippen LogP contribution in [-0.2, 0) is 17.6 Å². The Balaban J connectivity index is 1.51. The number of carbonyl (C=O) groups is 2. The third kappa shape index (κ3) is 5.81. The van der Waals surface area contributed by atoms with Crippen LogP contribution in [0.1, 0.15) is 33.5 Å². The summed E-state index contributed by atoms with van der Waals surface area (Å²) in [6, 6.07) is 14.8. The molecule has 2 aromatic carbocycles. The van der Waals surface area contributed by atoms with Gasteiger partial charge in [-0.15, -0.1) is 11.3 Å². The molecule has 156 valence electrons. The van der Waals surface area contributed by atoms with Crippen molar-refractivity contribution < 1.29 is 19.1 Å². The fourth-order valence-electron chi connectivity index (χ4n) is 2.77. The van der Waals surface area contributed by atoms with Crippen LogP contribution in [0.3, 0.4) is 0 Å². The standard InChI is InChI=1S/C22H23N3O4S/c1-3-29-18-10-9-16(12-19(18)28-2)22(27)25-24-20(26)13-17-14-30-21(23-17)11-15-7-5-4-6-8-15/h4-10,12,14H,3,11,13H2,1-2H3,(H,24,26)(H,25,27). The average Bonchev–Trinajstić information content (AvgIpc) is 3.19. The summed E-state index contributed by atoms with van der Waals surface area (Å²) in [5.74, 6) is 0.199. The second kappa shape index (κ2) is 10.4. The molecule has 0 unspecified atom stereocenters. The predicted octanol–water partition coefficient (Wildman–Crippen LogP) is 3.14. The highest BCUT2D eigenvalue weighted by molar-refractivity contribution is 7.09. The van der Waals surface area contributed by atoms with Crippen molar-refractivity contribution in [2.24, 2.45) is 0 Å². The zero-order chi connectivity index (χ0) is 21.3. The largest absolute Gasteiger partial charge is 0.493 e. The summed E-state index contributed by atoms with van der Waals surface area (Å²) >= 11 is 1.51. The first-order chi connectivity index (χ1) is 14.6. The Morgan fingerprint density at radius 2 is 1.87 bits per heavy atom. The van der Waals surface area contributed by atoms with Gasteiger partial charge in [0, 0.05) is 17.4 Å². The maximum absolute atomic E-state index is 12.3. The Morgan fingerprint density at radius 1 is 1.07 bits per heavy atom. The van der Waals surface area contributed by atoms with Gasteiger partial charge in [0.2, 0.25) is 5.91 Å². The minimum Gasteiger partial charge on any atom is -0.493 e. The smallest absolute Gasteiger partial charge is 0.269 e. The minimum atomic E-state index is -0.451. The van der Waals surface area contributed by atoms with Gasteiger partial charge < -0.3 is 9.47 Å². The van der Waals surface area contributed by atoms with E-state index in [0.717, 1.165) is 11.4 Å². The number of hydrazine groups is 1. The third-order valence-electron chi connectivity index (χ3n) is 4.18. The number of thiazole rings is 1. The number of hydrogen-bond donors (Lipinski definition) is 2. The molecule has 0 saturated carbocycles. The fraction of sp³-hybridized carbons (Fsp3) is 0.227. The molecule has 2 amide bonds. The number of benzene rings is 2. The molecule has 0 fully saturated rings. The van der Waals surface area contributed by atoms with Crippen molar-refractivity contribution in [3.05, 3.63) is 75.7 Å². The lowest BCUT2D eigenvalue weighted by Crippen LogP contribution is -2.42. The van der Waals surface area contributed by atoms with Crippen LogP contribution in [0.25, 0.3) is 0 Å². The molecule has 2 N–H and O–H groups in total. The summed E-state index contributed by atoms with van der Waals surface area (Å²) < 4.78 is 10.7. The Morgan fingerprint density at radius 3 is 2.60 bits per heavy atom. The molecule has 0 radical (unpaired) electrons. The number of ether oxygens (including phenoxy) is 2. The quantitative estimate of drug-likeness (QED) is 0.541. The van der Waals surface area contributed by atoms with Crippen molar-refractivity contribution in [1.82, 2.24) is 15.8 Å². The van der Waals surface area contributed by atoms with Gasteiger partial charge in [0.25, 0.3) is 5.91 Å². The number of amides is 2. The molecule has 0 aliphatic carbocycles. The SMILES string of the molecule is CCOc1ccc(C(=O)NNC(=O)Cc2csc(Cc3ccccc3)n2)cc1OC. The van der Waals surface area contributed by atoms with Crippen LogP contribution in [-0.4, -0.2) is 30.5 Å². The summed E-state index contributed by atoms with van der Waals surface area (Å²) in [7, 11) is 1.50. The van der Waals surface area contributed by atoms with Gasteiger partial charge in [-0.2, -0.15) is 0 Å². The van der Waals surface area contributed by atoms with Crippen molar-refractivity contribution >= 4 is 23.2 Å². The average molecular weight is 426 g/mol. The first-order valence-electron chi connectivity index (χ1n) is 9.46. The Bertz CT molecular complexity index is 1000. The van der Waals surface area contributed by atoms with Crippen LogP contribution in [0.4, 0.5) is 0 Å².